The summed E-state index contributed by atoms with van der Waals surface area (Å²) in [6, 6.07) is 17.8. The summed E-state index contributed by atoms with van der Waals surface area (Å²) in [7, 11) is 0. The topological polar surface area (TPSA) is 49.4 Å². The molecule has 0 saturated carbocycles. The molecule has 1 unspecified atom stereocenters. The van der Waals surface area contributed by atoms with E-state index in [0.717, 1.165) is 11.1 Å². The van der Waals surface area contributed by atoms with Crippen molar-refractivity contribution in [1.82, 2.24) is 10.2 Å². The van der Waals surface area contributed by atoms with Crippen LogP contribution in [-0.4, -0.2) is 29.3 Å². The monoisotopic (exact) mass is 380 g/mol. The molecule has 2 aromatic carbocycles. The summed E-state index contributed by atoms with van der Waals surface area (Å²) in [5, 5.41) is 2.82. The molecule has 0 aromatic heterocycles. The largest absolute Gasteiger partial charge is 0.355 e. The maximum absolute atomic E-state index is 13.0. The van der Waals surface area contributed by atoms with Crippen molar-refractivity contribution in [3.8, 4) is 0 Å². The van der Waals surface area contributed by atoms with E-state index in [9.17, 15) is 9.59 Å². The van der Waals surface area contributed by atoms with Gasteiger partial charge < -0.3 is 10.2 Å². The fourth-order valence-electron chi connectivity index (χ4n) is 3.15. The zero-order chi connectivity index (χ0) is 20.5. The normalized spacial score (nSPS) is 11.9. The maximum Gasteiger partial charge on any atom is 0.242 e. The van der Waals surface area contributed by atoms with Crippen molar-refractivity contribution in [2.75, 3.05) is 6.54 Å². The van der Waals surface area contributed by atoms with Crippen LogP contribution in [0.25, 0.3) is 0 Å². The third-order valence-corrected chi connectivity index (χ3v) is 4.99. The number of nitrogens with zero attached hydrogens (tertiary/aromatic N) is 1. The fraction of sp³-hybridized carbons (Fsp3) is 0.417. The lowest BCUT2D eigenvalue weighted by molar-refractivity contribution is -0.140. The van der Waals surface area contributed by atoms with E-state index in [1.807, 2.05) is 37.3 Å². The second-order valence-electron chi connectivity index (χ2n) is 7.47. The molecule has 150 valence electrons. The molecular weight excluding hydrogens is 348 g/mol. The summed E-state index contributed by atoms with van der Waals surface area (Å²) in [6.07, 6.45) is 1.06. The van der Waals surface area contributed by atoms with Crippen LogP contribution in [0.5, 0.6) is 0 Å². The van der Waals surface area contributed by atoms with Crippen LogP contribution in [0.15, 0.2) is 54.6 Å². The van der Waals surface area contributed by atoms with Crippen LogP contribution < -0.4 is 5.32 Å². The summed E-state index contributed by atoms with van der Waals surface area (Å²) in [6.45, 7) is 9.01. The minimum Gasteiger partial charge on any atom is -0.355 e. The van der Waals surface area contributed by atoms with Gasteiger partial charge in [-0.1, -0.05) is 68.4 Å². The SMILES string of the molecule is CCNC(=O)C(C)N(Cc1ccccc1)C(=O)CCc1ccc(C(C)C)cc1. The highest BCUT2D eigenvalue weighted by molar-refractivity contribution is 5.87. The van der Waals surface area contributed by atoms with Crippen LogP contribution in [0.3, 0.4) is 0 Å². The number of amides is 2. The number of nitrogens with one attached hydrogen (secondary N) is 1. The molecule has 0 bridgehead atoms. The molecule has 0 aliphatic rings. The van der Waals surface area contributed by atoms with Gasteiger partial charge in [0.15, 0.2) is 0 Å². The van der Waals surface area contributed by atoms with Crippen molar-refractivity contribution in [3.63, 3.8) is 0 Å². The molecule has 0 radical (unpaired) electrons. The Morgan fingerprint density at radius 2 is 1.57 bits per heavy atom. The van der Waals surface area contributed by atoms with Gasteiger partial charge >= 0.3 is 0 Å². The Bertz CT molecular complexity index is 754. The molecule has 2 rings (SSSR count). The van der Waals surface area contributed by atoms with E-state index in [2.05, 4.69) is 43.4 Å². The second kappa shape index (κ2) is 10.6. The van der Waals surface area contributed by atoms with Gasteiger partial charge in [-0.05, 0) is 42.9 Å². The number of hydrogen-bond acceptors (Lipinski definition) is 2. The molecule has 28 heavy (non-hydrogen) atoms. The van der Waals surface area contributed by atoms with E-state index in [-0.39, 0.29) is 11.8 Å². The van der Waals surface area contributed by atoms with Gasteiger partial charge in [0.1, 0.15) is 6.04 Å². The Balaban J connectivity index is 2.07. The fourth-order valence-corrected chi connectivity index (χ4v) is 3.15. The molecule has 4 heteroatoms. The molecule has 2 amide bonds. The lowest BCUT2D eigenvalue weighted by Crippen LogP contribution is -2.47. The van der Waals surface area contributed by atoms with Gasteiger partial charge in [0.2, 0.25) is 11.8 Å². The first-order valence-electron chi connectivity index (χ1n) is 10.1. The molecular formula is C24H32N2O2. The van der Waals surface area contributed by atoms with E-state index in [1.54, 1.807) is 11.8 Å². The van der Waals surface area contributed by atoms with Crippen molar-refractivity contribution < 1.29 is 9.59 Å². The van der Waals surface area contributed by atoms with Crippen LogP contribution in [0.1, 0.15) is 56.7 Å². The molecule has 1 atom stereocenters. The Morgan fingerprint density at radius 1 is 0.929 bits per heavy atom. The number of carbonyl (C=O) groups is 2. The smallest absolute Gasteiger partial charge is 0.242 e. The van der Waals surface area contributed by atoms with Crippen LogP contribution in [0.2, 0.25) is 0 Å². The van der Waals surface area contributed by atoms with E-state index < -0.39 is 6.04 Å². The number of likely N-dealkylation sites (N-methyl/N-ethyl adjacent to an activating group) is 1. The molecule has 0 heterocycles. The van der Waals surface area contributed by atoms with E-state index in [0.29, 0.717) is 31.8 Å². The number of aryl methyl sites for hydroxylation is 1. The molecule has 0 aliphatic heterocycles. The molecule has 0 aliphatic carbocycles. The second-order valence-corrected chi connectivity index (χ2v) is 7.47. The average molecular weight is 381 g/mol. The van der Waals surface area contributed by atoms with Gasteiger partial charge in [0.05, 0.1) is 0 Å². The lowest BCUT2D eigenvalue weighted by atomic mass is 10.00. The first-order valence-corrected chi connectivity index (χ1v) is 10.1. The van der Waals surface area contributed by atoms with Gasteiger partial charge in [-0.3, -0.25) is 9.59 Å². The van der Waals surface area contributed by atoms with E-state index in [1.165, 1.54) is 5.56 Å². The summed E-state index contributed by atoms with van der Waals surface area (Å²) in [5.74, 6) is 0.374. The Hall–Kier alpha value is -2.62. The first-order chi connectivity index (χ1) is 13.4. The quantitative estimate of drug-likeness (QED) is 0.705. The van der Waals surface area contributed by atoms with Crippen LogP contribution in [-0.2, 0) is 22.6 Å². The maximum atomic E-state index is 13.0. The number of benzene rings is 2. The highest BCUT2D eigenvalue weighted by atomic mass is 16.2. The predicted octanol–water partition coefficient (Wildman–Crippen LogP) is 4.30. The van der Waals surface area contributed by atoms with Gasteiger partial charge in [-0.25, -0.2) is 0 Å². The Kier molecular flexibility index (Phi) is 8.24. The number of hydrogen-bond donors (Lipinski definition) is 1. The van der Waals surface area contributed by atoms with Crippen molar-refractivity contribution in [2.45, 2.75) is 59.0 Å². The zero-order valence-corrected chi connectivity index (χ0v) is 17.4. The molecule has 0 spiro atoms. The summed E-state index contributed by atoms with van der Waals surface area (Å²) in [4.78, 5) is 27.0. The van der Waals surface area contributed by atoms with Gasteiger partial charge in [-0.15, -0.1) is 0 Å². The van der Waals surface area contributed by atoms with Gasteiger partial charge in [-0.2, -0.15) is 0 Å². The van der Waals surface area contributed by atoms with Crippen molar-refractivity contribution in [3.05, 3.63) is 71.3 Å². The van der Waals surface area contributed by atoms with Crippen LogP contribution in [0, 0.1) is 0 Å². The van der Waals surface area contributed by atoms with Gasteiger partial charge in [0.25, 0.3) is 0 Å². The third kappa shape index (κ3) is 6.22. The first kappa shape index (κ1) is 21.7. The number of carbonyl (C=O) groups excluding carboxylic acids is 2. The Morgan fingerprint density at radius 3 is 2.14 bits per heavy atom. The van der Waals surface area contributed by atoms with Crippen LogP contribution in [0.4, 0.5) is 0 Å². The lowest BCUT2D eigenvalue weighted by Gasteiger charge is -2.28. The van der Waals surface area contributed by atoms with E-state index >= 15 is 0 Å². The highest BCUT2D eigenvalue weighted by Crippen LogP contribution is 2.17. The van der Waals surface area contributed by atoms with Gasteiger partial charge in [0, 0.05) is 19.5 Å². The van der Waals surface area contributed by atoms with Crippen molar-refractivity contribution >= 4 is 11.8 Å². The molecule has 0 fully saturated rings. The predicted molar refractivity (Wildman–Crippen MR) is 114 cm³/mol. The molecule has 2 aromatic rings. The summed E-state index contributed by atoms with van der Waals surface area (Å²) < 4.78 is 0. The average Bonchev–Trinajstić information content (AvgIpc) is 2.71. The number of rotatable bonds is 9. The molecule has 0 saturated heterocycles. The molecule has 1 N–H and O–H groups in total. The van der Waals surface area contributed by atoms with Crippen molar-refractivity contribution in [2.24, 2.45) is 0 Å². The summed E-state index contributed by atoms with van der Waals surface area (Å²) >= 11 is 0. The van der Waals surface area contributed by atoms with E-state index in [4.69, 9.17) is 0 Å². The minimum atomic E-state index is -0.504. The van der Waals surface area contributed by atoms with Crippen LogP contribution >= 0.6 is 0 Å². The minimum absolute atomic E-state index is 0.00413. The Labute approximate surface area is 169 Å². The molecule has 4 nitrogen and oxygen atoms in total. The summed E-state index contributed by atoms with van der Waals surface area (Å²) in [5.41, 5.74) is 3.46. The third-order valence-electron chi connectivity index (χ3n) is 4.99. The highest BCUT2D eigenvalue weighted by Gasteiger charge is 2.25. The standard InChI is InChI=1S/C24H32N2O2/c1-5-25-24(28)19(4)26(17-21-9-7-6-8-10-21)23(27)16-13-20-11-14-22(15-12-20)18(2)3/h6-12,14-15,18-19H,5,13,16-17H2,1-4H3,(H,25,28). The zero-order valence-electron chi connectivity index (χ0n) is 17.4. The van der Waals surface area contributed by atoms with Crippen molar-refractivity contribution in [1.29, 1.82) is 0 Å².